The van der Waals surface area contributed by atoms with Crippen LogP contribution < -0.4 is 10.6 Å². The van der Waals surface area contributed by atoms with E-state index in [1.54, 1.807) is 4.90 Å². The number of nitrogens with zero attached hydrogens (tertiary/aromatic N) is 6. The quantitative estimate of drug-likeness (QED) is 0.522. The molecular weight excluding hydrogens is 410 g/mol. The standard InChI is InChI=1S/C19H35N9O.C2H6.H2O.2H2/c1-24(2)17(29)14-27-6-4-15(13-27)28-16-12-21-19(22-18(16)23-28)20-5-7-26-10-8-25(3)9-11-26;1-2;;;/h12,15,19-20,22-23H,4-11,13-14H2,1-3H3;1-2H3;1H2;2*1H. The van der Waals surface area contributed by atoms with Crippen LogP contribution in [0.15, 0.2) is 4.99 Å². The SMILES string of the molecule is CC.CN1CCN(CCNC2N=Cc3c([nH]n3C3CCN(CC(=O)N(C)C)C3)N2)CC1.O.[HH].[HH]. The van der Waals surface area contributed by atoms with E-state index in [2.05, 4.69) is 47.2 Å². The van der Waals surface area contributed by atoms with Crippen molar-refractivity contribution in [2.45, 2.75) is 32.6 Å². The predicted molar refractivity (Wildman–Crippen MR) is 134 cm³/mol. The number of anilines is 1. The lowest BCUT2D eigenvalue weighted by Gasteiger charge is -2.33. The van der Waals surface area contributed by atoms with Gasteiger partial charge in [0, 0.05) is 69.3 Å². The Labute approximate surface area is 195 Å². The van der Waals surface area contributed by atoms with Crippen molar-refractivity contribution in [1.29, 1.82) is 0 Å². The number of aliphatic imine (C=N–C) groups is 1. The number of aromatic amines is 1. The molecule has 1 aromatic heterocycles. The molecule has 2 saturated heterocycles. The molecule has 2 fully saturated rings. The van der Waals surface area contributed by atoms with Gasteiger partial charge in [0.25, 0.3) is 0 Å². The molecule has 11 heteroatoms. The summed E-state index contributed by atoms with van der Waals surface area (Å²) in [5.74, 6) is 1.20. The highest BCUT2D eigenvalue weighted by atomic mass is 16.2. The molecule has 0 aliphatic carbocycles. The Balaban J connectivity index is 0.00000212. The first-order valence-corrected chi connectivity index (χ1v) is 11.7. The van der Waals surface area contributed by atoms with Crippen LogP contribution in [0.5, 0.6) is 0 Å². The number of amides is 1. The van der Waals surface area contributed by atoms with Gasteiger partial charge in [-0.3, -0.25) is 34.7 Å². The normalized spacial score (nSPS) is 23.7. The number of carbonyl (C=O) groups excluding carboxylic acids is 1. The number of fused-ring (bicyclic) bond motifs is 1. The van der Waals surface area contributed by atoms with Crippen LogP contribution in [0.2, 0.25) is 0 Å². The average molecular weight is 458 g/mol. The fraction of sp³-hybridized carbons (Fsp3) is 0.810. The van der Waals surface area contributed by atoms with Crippen LogP contribution in [0, 0.1) is 0 Å². The second-order valence-corrected chi connectivity index (χ2v) is 8.63. The van der Waals surface area contributed by atoms with Gasteiger partial charge in [0.05, 0.1) is 18.8 Å². The molecule has 0 saturated carbocycles. The van der Waals surface area contributed by atoms with Gasteiger partial charge >= 0.3 is 0 Å². The molecule has 3 aliphatic rings. The zero-order chi connectivity index (χ0) is 22.4. The van der Waals surface area contributed by atoms with Crippen molar-refractivity contribution >= 4 is 17.9 Å². The first-order chi connectivity index (χ1) is 15.0. The second-order valence-electron chi connectivity index (χ2n) is 8.63. The Kier molecular flexibility index (Phi) is 10.2. The lowest BCUT2D eigenvalue weighted by molar-refractivity contribution is -0.129. The summed E-state index contributed by atoms with van der Waals surface area (Å²) in [4.78, 5) is 25.3. The van der Waals surface area contributed by atoms with E-state index in [0.717, 1.165) is 70.3 Å². The van der Waals surface area contributed by atoms with Crippen LogP contribution in [-0.4, -0.2) is 133 Å². The van der Waals surface area contributed by atoms with E-state index >= 15 is 0 Å². The lowest BCUT2D eigenvalue weighted by atomic mass is 10.2. The zero-order valence-electron chi connectivity index (χ0n) is 20.4. The van der Waals surface area contributed by atoms with E-state index in [-0.39, 0.29) is 20.5 Å². The summed E-state index contributed by atoms with van der Waals surface area (Å²) in [7, 11) is 5.80. The Morgan fingerprint density at radius 2 is 1.94 bits per heavy atom. The summed E-state index contributed by atoms with van der Waals surface area (Å²) in [6.45, 7) is 12.9. The smallest absolute Gasteiger partial charge is 0.236 e. The average Bonchev–Trinajstić information content (AvgIpc) is 3.20. The van der Waals surface area contributed by atoms with Crippen molar-refractivity contribution in [2.24, 2.45) is 4.99 Å². The minimum absolute atomic E-state index is 0. The van der Waals surface area contributed by atoms with Gasteiger partial charge in [-0.2, -0.15) is 0 Å². The van der Waals surface area contributed by atoms with E-state index in [1.165, 1.54) is 0 Å². The molecule has 1 aromatic rings. The number of hydrogen-bond acceptors (Lipinski definition) is 7. The second kappa shape index (κ2) is 12.4. The molecule has 1 amide bonds. The molecule has 0 bridgehead atoms. The van der Waals surface area contributed by atoms with Crippen molar-refractivity contribution < 1.29 is 13.1 Å². The van der Waals surface area contributed by atoms with Crippen LogP contribution in [0.4, 0.5) is 5.82 Å². The van der Waals surface area contributed by atoms with Crippen LogP contribution in [0.1, 0.15) is 34.9 Å². The minimum Gasteiger partial charge on any atom is -0.412 e. The molecule has 2 unspecified atom stereocenters. The molecule has 4 rings (SSSR count). The monoisotopic (exact) mass is 457 g/mol. The number of nitrogens with one attached hydrogen (secondary N) is 3. The Morgan fingerprint density at radius 3 is 2.59 bits per heavy atom. The van der Waals surface area contributed by atoms with Gasteiger partial charge in [0.15, 0.2) is 6.29 Å². The third kappa shape index (κ3) is 6.55. The number of H-pyrrole nitrogens is 1. The predicted octanol–water partition coefficient (Wildman–Crippen LogP) is -0.190. The van der Waals surface area contributed by atoms with E-state index in [4.69, 9.17) is 0 Å². The highest BCUT2D eigenvalue weighted by Gasteiger charge is 2.30. The first-order valence-electron chi connectivity index (χ1n) is 11.7. The van der Waals surface area contributed by atoms with Gasteiger partial charge in [-0.15, -0.1) is 0 Å². The molecule has 0 spiro atoms. The van der Waals surface area contributed by atoms with E-state index in [0.29, 0.717) is 12.6 Å². The van der Waals surface area contributed by atoms with Crippen molar-refractivity contribution in [1.82, 2.24) is 34.7 Å². The maximum atomic E-state index is 11.9. The van der Waals surface area contributed by atoms with Crippen LogP contribution in [0.25, 0.3) is 0 Å². The van der Waals surface area contributed by atoms with Gasteiger partial charge in [-0.1, -0.05) is 13.8 Å². The summed E-state index contributed by atoms with van der Waals surface area (Å²) in [5.41, 5.74) is 1.12. The number of carbonyl (C=O) groups is 1. The first kappa shape index (κ1) is 26.3. The molecule has 2 atom stereocenters. The van der Waals surface area contributed by atoms with Gasteiger partial charge in [-0.05, 0) is 13.5 Å². The topological polar surface area (TPSA) is 119 Å². The third-order valence-corrected chi connectivity index (χ3v) is 6.21. The molecular formula is C21H47N9O2. The number of hydrogen-bond donors (Lipinski definition) is 3. The number of likely N-dealkylation sites (N-methyl/N-ethyl adjacent to an activating group) is 2. The van der Waals surface area contributed by atoms with Crippen molar-refractivity contribution in [3.8, 4) is 0 Å². The Morgan fingerprint density at radius 1 is 1.22 bits per heavy atom. The van der Waals surface area contributed by atoms with Crippen molar-refractivity contribution in [3.05, 3.63) is 5.69 Å². The van der Waals surface area contributed by atoms with E-state index in [1.807, 2.05) is 34.2 Å². The van der Waals surface area contributed by atoms with Crippen molar-refractivity contribution in [3.63, 3.8) is 0 Å². The summed E-state index contributed by atoms with van der Waals surface area (Å²) in [6, 6.07) is 0.374. The number of aromatic nitrogens is 2. The molecule has 32 heavy (non-hydrogen) atoms. The number of likely N-dealkylation sites (tertiary alicyclic amines) is 1. The lowest BCUT2D eigenvalue weighted by Crippen LogP contribution is -2.48. The maximum Gasteiger partial charge on any atom is 0.236 e. The highest BCUT2D eigenvalue weighted by molar-refractivity contribution is 5.87. The van der Waals surface area contributed by atoms with Gasteiger partial charge in [0.1, 0.15) is 11.5 Å². The fourth-order valence-corrected chi connectivity index (χ4v) is 4.18. The fourth-order valence-electron chi connectivity index (χ4n) is 4.18. The Bertz CT molecular complexity index is 733. The summed E-state index contributed by atoms with van der Waals surface area (Å²) in [6.07, 6.45) is 2.93. The molecule has 0 radical (unpaired) electrons. The summed E-state index contributed by atoms with van der Waals surface area (Å²) < 4.78 is 2.19. The van der Waals surface area contributed by atoms with E-state index < -0.39 is 0 Å². The van der Waals surface area contributed by atoms with Crippen LogP contribution >= 0.6 is 0 Å². The molecule has 5 N–H and O–H groups in total. The summed E-state index contributed by atoms with van der Waals surface area (Å²) in [5, 5.41) is 10.3. The molecule has 4 heterocycles. The van der Waals surface area contributed by atoms with Gasteiger partial charge < -0.3 is 20.6 Å². The Hall–Kier alpha value is -1.92. The van der Waals surface area contributed by atoms with Crippen molar-refractivity contribution in [2.75, 3.05) is 85.4 Å². The largest absolute Gasteiger partial charge is 0.412 e. The third-order valence-electron chi connectivity index (χ3n) is 6.21. The maximum absolute atomic E-state index is 11.9. The van der Waals surface area contributed by atoms with E-state index in [9.17, 15) is 4.79 Å². The zero-order valence-corrected chi connectivity index (χ0v) is 20.4. The number of rotatable bonds is 7. The molecule has 0 aromatic carbocycles. The van der Waals surface area contributed by atoms with Gasteiger partial charge in [0.2, 0.25) is 5.91 Å². The molecule has 188 valence electrons. The number of piperazine rings is 1. The van der Waals surface area contributed by atoms with Crippen LogP contribution in [0.3, 0.4) is 0 Å². The van der Waals surface area contributed by atoms with Crippen LogP contribution in [-0.2, 0) is 4.79 Å². The minimum atomic E-state index is -0.0753. The highest BCUT2D eigenvalue weighted by Crippen LogP contribution is 2.28. The molecule has 3 aliphatic heterocycles. The summed E-state index contributed by atoms with van der Waals surface area (Å²) >= 11 is 0. The van der Waals surface area contributed by atoms with Gasteiger partial charge in [-0.25, -0.2) is 0 Å². The molecule has 11 nitrogen and oxygen atoms in total.